The average Bonchev–Trinajstić information content (AvgIpc) is 2.67. The molecule has 7 heteroatoms. The van der Waals surface area contributed by atoms with Crippen molar-refractivity contribution in [2.24, 2.45) is 0 Å². The van der Waals surface area contributed by atoms with Crippen molar-refractivity contribution >= 4 is 21.5 Å². The molecule has 26 heavy (non-hydrogen) atoms. The average molecular weight is 368 g/mol. The van der Waals surface area contributed by atoms with Gasteiger partial charge in [0.25, 0.3) is 0 Å². The minimum Gasteiger partial charge on any atom is -0.378 e. The zero-order valence-corrected chi connectivity index (χ0v) is 15.0. The number of sulfonamides is 1. The van der Waals surface area contributed by atoms with E-state index in [0.717, 1.165) is 16.9 Å². The first-order valence-corrected chi connectivity index (χ1v) is 9.90. The number of aryl methyl sites for hydroxylation is 1. The molecule has 0 aliphatic heterocycles. The number of anilines is 2. The SMILES string of the molecule is O=S(=O)(CCc1ccccc1)Nc1ccc(NCc2ccccn2)cn1. The Bertz CT molecular complexity index is 915. The molecule has 0 saturated heterocycles. The molecular weight excluding hydrogens is 348 g/mol. The third-order valence-electron chi connectivity index (χ3n) is 3.73. The van der Waals surface area contributed by atoms with Gasteiger partial charge in [0.1, 0.15) is 5.82 Å². The Balaban J connectivity index is 1.53. The highest BCUT2D eigenvalue weighted by Gasteiger charge is 2.11. The summed E-state index contributed by atoms with van der Waals surface area (Å²) in [5.74, 6) is 0.319. The van der Waals surface area contributed by atoms with Crippen LogP contribution in [0, 0.1) is 0 Å². The third-order valence-corrected chi connectivity index (χ3v) is 4.99. The van der Waals surface area contributed by atoms with Crippen LogP contribution in [0.25, 0.3) is 0 Å². The fourth-order valence-electron chi connectivity index (χ4n) is 2.36. The van der Waals surface area contributed by atoms with Crippen molar-refractivity contribution in [1.82, 2.24) is 9.97 Å². The molecule has 0 aliphatic carbocycles. The summed E-state index contributed by atoms with van der Waals surface area (Å²) in [6, 6.07) is 18.7. The number of hydrogen-bond acceptors (Lipinski definition) is 5. The highest BCUT2D eigenvalue weighted by molar-refractivity contribution is 7.92. The van der Waals surface area contributed by atoms with E-state index < -0.39 is 10.0 Å². The van der Waals surface area contributed by atoms with E-state index in [1.807, 2.05) is 48.5 Å². The van der Waals surface area contributed by atoms with Gasteiger partial charge in [0.2, 0.25) is 10.0 Å². The van der Waals surface area contributed by atoms with E-state index in [0.29, 0.717) is 18.8 Å². The van der Waals surface area contributed by atoms with E-state index in [9.17, 15) is 8.42 Å². The van der Waals surface area contributed by atoms with Crippen molar-refractivity contribution in [3.05, 3.63) is 84.3 Å². The second-order valence-electron chi connectivity index (χ2n) is 5.76. The molecule has 6 nitrogen and oxygen atoms in total. The first-order chi connectivity index (χ1) is 12.6. The molecule has 2 N–H and O–H groups in total. The zero-order chi connectivity index (χ0) is 18.2. The van der Waals surface area contributed by atoms with E-state index in [4.69, 9.17) is 0 Å². The summed E-state index contributed by atoms with van der Waals surface area (Å²) >= 11 is 0. The van der Waals surface area contributed by atoms with Crippen molar-refractivity contribution in [3.63, 3.8) is 0 Å². The molecule has 0 atom stereocenters. The summed E-state index contributed by atoms with van der Waals surface area (Å²) in [4.78, 5) is 8.39. The highest BCUT2D eigenvalue weighted by Crippen LogP contribution is 2.13. The summed E-state index contributed by atoms with van der Waals surface area (Å²) in [5, 5.41) is 3.20. The first-order valence-electron chi connectivity index (χ1n) is 8.25. The lowest BCUT2D eigenvalue weighted by molar-refractivity contribution is 0.600. The van der Waals surface area contributed by atoms with Gasteiger partial charge in [-0.1, -0.05) is 36.4 Å². The Labute approximate surface area is 153 Å². The quantitative estimate of drug-likeness (QED) is 0.638. The minimum atomic E-state index is -3.44. The van der Waals surface area contributed by atoms with Crippen molar-refractivity contribution in [1.29, 1.82) is 0 Å². The lowest BCUT2D eigenvalue weighted by Crippen LogP contribution is -2.18. The van der Waals surface area contributed by atoms with Gasteiger partial charge in [0.05, 0.1) is 29.9 Å². The van der Waals surface area contributed by atoms with Gasteiger partial charge in [-0.05, 0) is 36.2 Å². The predicted molar refractivity (Wildman–Crippen MR) is 103 cm³/mol. The summed E-state index contributed by atoms with van der Waals surface area (Å²) in [7, 11) is -3.44. The molecule has 0 aliphatic rings. The highest BCUT2D eigenvalue weighted by atomic mass is 32.2. The Morgan fingerprint density at radius 2 is 1.69 bits per heavy atom. The van der Waals surface area contributed by atoms with Gasteiger partial charge in [-0.25, -0.2) is 13.4 Å². The summed E-state index contributed by atoms with van der Waals surface area (Å²) in [6.07, 6.45) is 3.79. The van der Waals surface area contributed by atoms with Gasteiger partial charge < -0.3 is 5.32 Å². The molecule has 2 heterocycles. The van der Waals surface area contributed by atoms with E-state index in [1.54, 1.807) is 24.5 Å². The first kappa shape index (κ1) is 17.9. The van der Waals surface area contributed by atoms with Crippen LogP contribution in [0.4, 0.5) is 11.5 Å². The maximum atomic E-state index is 12.2. The lowest BCUT2D eigenvalue weighted by atomic mass is 10.2. The van der Waals surface area contributed by atoms with Gasteiger partial charge in [-0.3, -0.25) is 9.71 Å². The monoisotopic (exact) mass is 368 g/mol. The van der Waals surface area contributed by atoms with Gasteiger partial charge >= 0.3 is 0 Å². The van der Waals surface area contributed by atoms with E-state index in [2.05, 4.69) is 20.0 Å². The fourth-order valence-corrected chi connectivity index (χ4v) is 3.41. The van der Waals surface area contributed by atoms with Crippen LogP contribution in [0.1, 0.15) is 11.3 Å². The van der Waals surface area contributed by atoms with E-state index in [-0.39, 0.29) is 5.75 Å². The van der Waals surface area contributed by atoms with Gasteiger partial charge in [-0.2, -0.15) is 0 Å². The van der Waals surface area contributed by atoms with Crippen molar-refractivity contribution in [3.8, 4) is 0 Å². The molecule has 0 radical (unpaired) electrons. The summed E-state index contributed by atoms with van der Waals surface area (Å²) in [5.41, 5.74) is 2.70. The van der Waals surface area contributed by atoms with Crippen LogP contribution < -0.4 is 10.0 Å². The molecule has 0 fully saturated rings. The summed E-state index contributed by atoms with van der Waals surface area (Å²) < 4.78 is 26.9. The van der Waals surface area contributed by atoms with Crippen LogP contribution in [-0.4, -0.2) is 24.1 Å². The number of benzene rings is 1. The van der Waals surface area contributed by atoms with E-state index in [1.165, 1.54) is 0 Å². The van der Waals surface area contributed by atoms with Crippen LogP contribution >= 0.6 is 0 Å². The Morgan fingerprint density at radius 1 is 0.885 bits per heavy atom. The van der Waals surface area contributed by atoms with Crippen LogP contribution in [0.15, 0.2) is 73.1 Å². The number of nitrogens with one attached hydrogen (secondary N) is 2. The molecule has 0 spiro atoms. The molecule has 3 aromatic rings. The molecule has 0 saturated carbocycles. The van der Waals surface area contributed by atoms with Crippen LogP contribution in [0.5, 0.6) is 0 Å². The maximum absolute atomic E-state index is 12.2. The smallest absolute Gasteiger partial charge is 0.234 e. The number of rotatable bonds is 8. The van der Waals surface area contributed by atoms with Crippen LogP contribution in [0.2, 0.25) is 0 Å². The fraction of sp³-hybridized carbons (Fsp3) is 0.158. The molecule has 2 aromatic heterocycles. The van der Waals surface area contributed by atoms with Crippen molar-refractivity contribution in [2.75, 3.05) is 15.8 Å². The van der Waals surface area contributed by atoms with Gasteiger partial charge in [0, 0.05) is 6.20 Å². The molecule has 134 valence electrons. The van der Waals surface area contributed by atoms with Crippen molar-refractivity contribution in [2.45, 2.75) is 13.0 Å². The Hall–Kier alpha value is -2.93. The second kappa shape index (κ2) is 8.44. The topological polar surface area (TPSA) is 84.0 Å². The number of hydrogen-bond donors (Lipinski definition) is 2. The number of aromatic nitrogens is 2. The zero-order valence-electron chi connectivity index (χ0n) is 14.2. The molecular formula is C19H20N4O2S. The standard InChI is InChI=1S/C19H20N4O2S/c24-26(25,13-11-16-6-2-1-3-7-16)23-19-10-9-18(15-22-19)21-14-17-8-4-5-12-20-17/h1-10,12,15,21H,11,13-14H2,(H,22,23). The third kappa shape index (κ3) is 5.56. The number of pyridine rings is 2. The normalized spacial score (nSPS) is 11.1. The number of nitrogens with zero attached hydrogens (tertiary/aromatic N) is 2. The van der Waals surface area contributed by atoms with Crippen LogP contribution in [0.3, 0.4) is 0 Å². The minimum absolute atomic E-state index is 0.0123. The molecule has 3 rings (SSSR count). The van der Waals surface area contributed by atoms with Crippen LogP contribution in [-0.2, 0) is 23.0 Å². The molecule has 0 unspecified atom stereocenters. The van der Waals surface area contributed by atoms with E-state index >= 15 is 0 Å². The molecule has 0 amide bonds. The lowest BCUT2D eigenvalue weighted by Gasteiger charge is -2.09. The Morgan fingerprint density at radius 3 is 2.38 bits per heavy atom. The predicted octanol–water partition coefficient (Wildman–Crippen LogP) is 3.07. The summed E-state index contributed by atoms with van der Waals surface area (Å²) in [6.45, 7) is 0.574. The Kier molecular flexibility index (Phi) is 5.80. The second-order valence-corrected chi connectivity index (χ2v) is 7.61. The van der Waals surface area contributed by atoms with Gasteiger partial charge in [0.15, 0.2) is 0 Å². The maximum Gasteiger partial charge on any atom is 0.234 e. The van der Waals surface area contributed by atoms with Gasteiger partial charge in [-0.15, -0.1) is 0 Å². The largest absolute Gasteiger partial charge is 0.378 e. The molecule has 1 aromatic carbocycles. The molecule has 0 bridgehead atoms. The van der Waals surface area contributed by atoms with Crippen molar-refractivity contribution < 1.29 is 8.42 Å².